The molecule has 1 atom stereocenters. The van der Waals surface area contributed by atoms with Crippen LogP contribution in [-0.2, 0) is 6.42 Å². The second-order valence-electron chi connectivity index (χ2n) is 3.95. The molecule has 3 heteroatoms. The van der Waals surface area contributed by atoms with Gasteiger partial charge in [0, 0.05) is 17.1 Å². The summed E-state index contributed by atoms with van der Waals surface area (Å²) in [6.07, 6.45) is 8.19. The minimum absolute atomic E-state index is 0.692. The predicted molar refractivity (Wildman–Crippen MR) is 67.4 cm³/mol. The number of rotatable bonds is 8. The Kier molecular flexibility index (Phi) is 6.60. The lowest BCUT2D eigenvalue weighted by atomic mass is 10.1. The lowest BCUT2D eigenvalue weighted by Crippen LogP contribution is -2.30. The largest absolute Gasteiger partial charge is 0.314 e. The van der Waals surface area contributed by atoms with Gasteiger partial charge in [-0.2, -0.15) is 0 Å². The van der Waals surface area contributed by atoms with Crippen LogP contribution >= 0.6 is 11.3 Å². The summed E-state index contributed by atoms with van der Waals surface area (Å²) in [6, 6.07) is 0.692. The van der Waals surface area contributed by atoms with Gasteiger partial charge in [-0.25, -0.2) is 0 Å². The molecule has 0 spiro atoms. The van der Waals surface area contributed by atoms with Crippen LogP contribution < -0.4 is 5.32 Å². The molecule has 86 valence electrons. The molecule has 1 heterocycles. The predicted octanol–water partition coefficient (Wildman–Crippen LogP) is 3.24. The average molecular weight is 226 g/mol. The first-order chi connectivity index (χ1) is 7.36. The highest BCUT2D eigenvalue weighted by Gasteiger charge is 2.06. The SMILES string of the molecule is CCCNC(CCC)CCc1cncs1. The monoisotopic (exact) mass is 226 g/mol. The minimum Gasteiger partial charge on any atom is -0.314 e. The smallest absolute Gasteiger partial charge is 0.0794 e. The van der Waals surface area contributed by atoms with Crippen LogP contribution in [0, 0.1) is 0 Å². The van der Waals surface area contributed by atoms with Crippen molar-refractivity contribution in [3.05, 3.63) is 16.6 Å². The van der Waals surface area contributed by atoms with Crippen LogP contribution in [0.5, 0.6) is 0 Å². The van der Waals surface area contributed by atoms with E-state index in [0.717, 1.165) is 6.54 Å². The maximum Gasteiger partial charge on any atom is 0.0794 e. The van der Waals surface area contributed by atoms with E-state index in [1.807, 2.05) is 11.7 Å². The summed E-state index contributed by atoms with van der Waals surface area (Å²) in [5.74, 6) is 0. The second kappa shape index (κ2) is 7.83. The van der Waals surface area contributed by atoms with Crippen molar-refractivity contribution in [1.82, 2.24) is 10.3 Å². The topological polar surface area (TPSA) is 24.9 Å². The Morgan fingerprint density at radius 3 is 2.80 bits per heavy atom. The Labute approximate surface area is 97.1 Å². The number of hydrogen-bond donors (Lipinski definition) is 1. The molecule has 0 saturated heterocycles. The number of aromatic nitrogens is 1. The third kappa shape index (κ3) is 5.28. The van der Waals surface area contributed by atoms with E-state index < -0.39 is 0 Å². The first kappa shape index (κ1) is 12.7. The fourth-order valence-corrected chi connectivity index (χ4v) is 2.34. The first-order valence-corrected chi connectivity index (χ1v) is 6.85. The molecule has 2 nitrogen and oxygen atoms in total. The summed E-state index contributed by atoms with van der Waals surface area (Å²) in [5, 5.41) is 3.62. The first-order valence-electron chi connectivity index (χ1n) is 5.97. The van der Waals surface area contributed by atoms with E-state index in [1.165, 1.54) is 37.0 Å². The van der Waals surface area contributed by atoms with Gasteiger partial charge in [-0.3, -0.25) is 4.98 Å². The van der Waals surface area contributed by atoms with Gasteiger partial charge >= 0.3 is 0 Å². The second-order valence-corrected chi connectivity index (χ2v) is 4.92. The molecular formula is C12H22N2S. The van der Waals surface area contributed by atoms with Crippen LogP contribution in [-0.4, -0.2) is 17.6 Å². The van der Waals surface area contributed by atoms with Gasteiger partial charge in [-0.05, 0) is 32.2 Å². The maximum absolute atomic E-state index is 4.11. The zero-order chi connectivity index (χ0) is 10.9. The van der Waals surface area contributed by atoms with Gasteiger partial charge in [-0.15, -0.1) is 11.3 Å². The Morgan fingerprint density at radius 2 is 2.20 bits per heavy atom. The molecule has 0 saturated carbocycles. The van der Waals surface area contributed by atoms with E-state index in [9.17, 15) is 0 Å². The molecule has 0 bridgehead atoms. The summed E-state index contributed by atoms with van der Waals surface area (Å²) in [4.78, 5) is 5.52. The highest BCUT2D eigenvalue weighted by atomic mass is 32.1. The molecule has 0 amide bonds. The molecule has 0 aliphatic rings. The van der Waals surface area contributed by atoms with Crippen LogP contribution in [0.25, 0.3) is 0 Å². The number of thiazole rings is 1. The molecule has 0 radical (unpaired) electrons. The standard InChI is InChI=1S/C12H22N2S/c1-3-5-11(14-8-4-2)6-7-12-9-13-10-15-12/h9-11,14H,3-8H2,1-2H3. The number of aryl methyl sites for hydroxylation is 1. The molecule has 0 aromatic carbocycles. The van der Waals surface area contributed by atoms with Gasteiger partial charge < -0.3 is 5.32 Å². The van der Waals surface area contributed by atoms with E-state index in [0.29, 0.717) is 6.04 Å². The van der Waals surface area contributed by atoms with Crippen LogP contribution in [0.15, 0.2) is 11.7 Å². The molecule has 0 aliphatic carbocycles. The van der Waals surface area contributed by atoms with Gasteiger partial charge in [-0.1, -0.05) is 20.3 Å². The van der Waals surface area contributed by atoms with Crippen molar-refractivity contribution in [2.75, 3.05) is 6.54 Å². The van der Waals surface area contributed by atoms with E-state index in [-0.39, 0.29) is 0 Å². The summed E-state index contributed by atoms with van der Waals surface area (Å²) < 4.78 is 0. The molecule has 0 aliphatic heterocycles. The highest BCUT2D eigenvalue weighted by molar-refractivity contribution is 7.09. The van der Waals surface area contributed by atoms with Gasteiger partial charge in [0.2, 0.25) is 0 Å². The van der Waals surface area contributed by atoms with Gasteiger partial charge in [0.05, 0.1) is 5.51 Å². The van der Waals surface area contributed by atoms with Gasteiger partial charge in [0.1, 0.15) is 0 Å². The molecule has 1 N–H and O–H groups in total. The zero-order valence-electron chi connectivity index (χ0n) is 9.83. The molecule has 1 aromatic rings. The van der Waals surface area contributed by atoms with E-state index in [2.05, 4.69) is 24.1 Å². The zero-order valence-corrected chi connectivity index (χ0v) is 10.6. The van der Waals surface area contributed by atoms with Crippen molar-refractivity contribution < 1.29 is 0 Å². The van der Waals surface area contributed by atoms with Crippen LogP contribution in [0.2, 0.25) is 0 Å². The molecule has 1 rings (SSSR count). The van der Waals surface area contributed by atoms with E-state index >= 15 is 0 Å². The Balaban J connectivity index is 2.24. The summed E-state index contributed by atoms with van der Waals surface area (Å²) in [5.41, 5.74) is 1.92. The highest BCUT2D eigenvalue weighted by Crippen LogP contribution is 2.12. The summed E-state index contributed by atoms with van der Waals surface area (Å²) >= 11 is 1.77. The molecule has 0 fully saturated rings. The Hall–Kier alpha value is -0.410. The average Bonchev–Trinajstić information content (AvgIpc) is 2.75. The molecule has 1 unspecified atom stereocenters. The lowest BCUT2D eigenvalue weighted by Gasteiger charge is -2.17. The fraction of sp³-hybridized carbons (Fsp3) is 0.750. The van der Waals surface area contributed by atoms with E-state index in [1.54, 1.807) is 11.3 Å². The summed E-state index contributed by atoms with van der Waals surface area (Å²) in [7, 11) is 0. The fourth-order valence-electron chi connectivity index (χ4n) is 1.73. The van der Waals surface area contributed by atoms with Crippen LogP contribution in [0.4, 0.5) is 0 Å². The molecule has 15 heavy (non-hydrogen) atoms. The van der Waals surface area contributed by atoms with Gasteiger partial charge in [0.25, 0.3) is 0 Å². The minimum atomic E-state index is 0.692. The van der Waals surface area contributed by atoms with Crippen LogP contribution in [0.1, 0.15) is 44.4 Å². The third-order valence-corrected chi connectivity index (χ3v) is 3.38. The normalized spacial score (nSPS) is 12.9. The molecule has 1 aromatic heterocycles. The Morgan fingerprint density at radius 1 is 1.33 bits per heavy atom. The van der Waals surface area contributed by atoms with E-state index in [4.69, 9.17) is 0 Å². The Bertz CT molecular complexity index is 234. The number of nitrogens with zero attached hydrogens (tertiary/aromatic N) is 1. The number of nitrogens with one attached hydrogen (secondary N) is 1. The van der Waals surface area contributed by atoms with Crippen molar-refractivity contribution in [2.45, 2.75) is 52.0 Å². The maximum atomic E-state index is 4.11. The van der Waals surface area contributed by atoms with Crippen molar-refractivity contribution >= 4 is 11.3 Å². The van der Waals surface area contributed by atoms with Crippen molar-refractivity contribution in [3.63, 3.8) is 0 Å². The van der Waals surface area contributed by atoms with Crippen molar-refractivity contribution in [3.8, 4) is 0 Å². The van der Waals surface area contributed by atoms with Crippen LogP contribution in [0.3, 0.4) is 0 Å². The quantitative estimate of drug-likeness (QED) is 0.736. The summed E-state index contributed by atoms with van der Waals surface area (Å²) in [6.45, 7) is 5.62. The third-order valence-electron chi connectivity index (χ3n) is 2.54. The van der Waals surface area contributed by atoms with Gasteiger partial charge in [0.15, 0.2) is 0 Å². The van der Waals surface area contributed by atoms with Crippen molar-refractivity contribution in [2.24, 2.45) is 0 Å². The number of hydrogen-bond acceptors (Lipinski definition) is 3. The lowest BCUT2D eigenvalue weighted by molar-refractivity contribution is 0.450. The molecular weight excluding hydrogens is 204 g/mol. The van der Waals surface area contributed by atoms with Crippen molar-refractivity contribution in [1.29, 1.82) is 0 Å².